The number of likely N-dealkylation sites (N-methyl/N-ethyl adjacent to an activating group) is 1. The lowest BCUT2D eigenvalue weighted by molar-refractivity contribution is 0.108. The van der Waals surface area contributed by atoms with Crippen molar-refractivity contribution in [2.75, 3.05) is 31.8 Å². The van der Waals surface area contributed by atoms with Crippen molar-refractivity contribution >= 4 is 28.2 Å². The molecule has 15 nitrogen and oxygen atoms in total. The molecule has 0 saturated carbocycles. The number of anilines is 2. The third-order valence-electron chi connectivity index (χ3n) is 12.8. The Bertz CT molecular complexity index is 2200. The van der Waals surface area contributed by atoms with Gasteiger partial charge >= 0.3 is 6.03 Å². The van der Waals surface area contributed by atoms with Crippen molar-refractivity contribution in [3.05, 3.63) is 51.6 Å². The Morgan fingerprint density at radius 3 is 2.65 bits per heavy atom. The first-order valence-electron chi connectivity index (χ1n) is 19.3. The fraction of sp³-hybridized carbons (Fsp3) is 0.564. The number of methoxy groups -OCH3 is 1. The number of nitrogens with two attached hydrogens (primary N) is 1. The molecule has 286 valence electrons. The van der Waals surface area contributed by atoms with E-state index < -0.39 is 5.41 Å². The average molecular weight is 764 g/mol. The Hall–Kier alpha value is -5.03. The highest BCUT2D eigenvalue weighted by Gasteiger charge is 2.49. The van der Waals surface area contributed by atoms with Gasteiger partial charge in [-0.05, 0) is 90.2 Å². The molecular formula is C39H45N11O4S. The maximum absolute atomic E-state index is 13.6. The van der Waals surface area contributed by atoms with Gasteiger partial charge in [-0.25, -0.2) is 19.3 Å². The Kier molecular flexibility index (Phi) is 9.03. The predicted molar refractivity (Wildman–Crippen MR) is 203 cm³/mol. The van der Waals surface area contributed by atoms with Crippen LogP contribution in [0.1, 0.15) is 97.9 Å². The Morgan fingerprint density at radius 2 is 1.93 bits per heavy atom. The topological polar surface area (TPSA) is 197 Å². The molecule has 3 fully saturated rings. The number of imidazole rings is 1. The summed E-state index contributed by atoms with van der Waals surface area (Å²) in [4.78, 5) is 33.1. The second kappa shape index (κ2) is 13.9. The highest BCUT2D eigenvalue weighted by molar-refractivity contribution is 7.16. The van der Waals surface area contributed by atoms with Crippen LogP contribution >= 0.6 is 11.3 Å². The number of carbonyl (C=O) groups is 1. The highest BCUT2D eigenvalue weighted by atomic mass is 32.1. The zero-order valence-corrected chi connectivity index (χ0v) is 32.1. The molecule has 9 rings (SSSR count). The number of nitrogens with one attached hydrogen (secondary N) is 1. The summed E-state index contributed by atoms with van der Waals surface area (Å²) in [5.74, 6) is 2.37. The number of carbonyl (C=O) groups excluding carboxylic acids is 1. The largest absolute Gasteiger partial charge is 0.473 e. The number of fused-ring (bicyclic) bond motifs is 6. The number of thiophene rings is 1. The van der Waals surface area contributed by atoms with Crippen LogP contribution in [0.4, 0.5) is 15.6 Å². The van der Waals surface area contributed by atoms with Gasteiger partial charge in [0.1, 0.15) is 29.1 Å². The molecule has 1 amide bonds. The number of rotatable bonds is 7. The Morgan fingerprint density at radius 1 is 1.15 bits per heavy atom. The van der Waals surface area contributed by atoms with Gasteiger partial charge < -0.3 is 29.9 Å². The number of aryl methyl sites for hydroxylation is 1. The van der Waals surface area contributed by atoms with Crippen molar-refractivity contribution in [2.24, 2.45) is 0 Å². The van der Waals surface area contributed by atoms with E-state index in [1.807, 2.05) is 17.0 Å². The maximum atomic E-state index is 13.6. The number of hydrogen-bond acceptors (Lipinski definition) is 14. The first-order chi connectivity index (χ1) is 26.7. The fourth-order valence-electron chi connectivity index (χ4n) is 10.3. The van der Waals surface area contributed by atoms with E-state index in [0.717, 1.165) is 94.1 Å². The molecule has 5 aliphatic rings. The molecule has 0 radical (unpaired) electrons. The summed E-state index contributed by atoms with van der Waals surface area (Å²) in [5, 5.41) is 28.6. The maximum Gasteiger partial charge on any atom is 0.330 e. The zero-order chi connectivity index (χ0) is 38.0. The van der Waals surface area contributed by atoms with E-state index in [4.69, 9.17) is 29.7 Å². The molecular weight excluding hydrogens is 719 g/mol. The van der Waals surface area contributed by atoms with Gasteiger partial charge in [-0.1, -0.05) is 5.16 Å². The molecule has 16 heteroatoms. The monoisotopic (exact) mass is 763 g/mol. The molecule has 55 heavy (non-hydrogen) atoms. The summed E-state index contributed by atoms with van der Waals surface area (Å²) in [5.41, 5.74) is 9.10. The van der Waals surface area contributed by atoms with Gasteiger partial charge in [-0.3, -0.25) is 4.90 Å². The minimum atomic E-state index is -0.463. The molecule has 3 saturated heterocycles. The Labute approximate surface area is 323 Å². The molecule has 4 aromatic heterocycles. The van der Waals surface area contributed by atoms with E-state index in [0.29, 0.717) is 33.8 Å². The molecule has 7 heterocycles. The number of likely N-dealkylation sites (tertiary alicyclic amines) is 1. The molecule has 1 spiro atoms. The van der Waals surface area contributed by atoms with Crippen LogP contribution in [0, 0.1) is 22.7 Å². The molecule has 4 unspecified atom stereocenters. The standard InChI is InChI=1S/C39H45N11O4S/c1-21(28-16-25(52-3)20-48(28)2)53-32-17-30(44-22-14-23-8-9-24(15-22)50(23)38(51)49-13-12-43-31(49)19-41)45-37(46-32)34-26-6-4-10-39(35(26)54-47-34)11-5-7-29-33(39)27(18-40)36(42)55-29/h12-13,17,21-25,28H,4-11,14-16,20,42H2,1-3H3,(H,44,45,46)/t21-,22?,23?,24?,25?,28?,39-/m0/s1. The molecule has 3 N–H and O–H groups in total. The lowest BCUT2D eigenvalue weighted by Crippen LogP contribution is -2.51. The zero-order valence-electron chi connectivity index (χ0n) is 31.3. The van der Waals surface area contributed by atoms with Crippen molar-refractivity contribution in [1.82, 2.24) is 34.5 Å². The van der Waals surface area contributed by atoms with Crippen LogP contribution in [0.15, 0.2) is 23.0 Å². The van der Waals surface area contributed by atoms with E-state index in [1.54, 1.807) is 13.3 Å². The van der Waals surface area contributed by atoms with Gasteiger partial charge in [0.2, 0.25) is 11.7 Å². The lowest BCUT2D eigenvalue weighted by atomic mass is 9.63. The SMILES string of the molecule is COC1CC([C@H](C)Oc2cc(NC3CC4CCC(C3)N4C(=O)n3ccnc3C#N)nc(-c3noc4c3CCC[C@@]43CCCc4sc(N)c(C#N)c43)n2)N(C)C1. The summed E-state index contributed by atoms with van der Waals surface area (Å²) < 4.78 is 20.0. The highest BCUT2D eigenvalue weighted by Crippen LogP contribution is 2.55. The number of amides is 1. The van der Waals surface area contributed by atoms with Crippen molar-refractivity contribution in [1.29, 1.82) is 10.5 Å². The molecule has 4 aromatic rings. The third kappa shape index (κ3) is 5.93. The Balaban J connectivity index is 1.04. The second-order valence-corrected chi connectivity index (χ2v) is 17.0. The van der Waals surface area contributed by atoms with Crippen LogP contribution in [-0.2, 0) is 23.0 Å². The first-order valence-corrected chi connectivity index (χ1v) is 20.2. The summed E-state index contributed by atoms with van der Waals surface area (Å²) in [6, 6.07) is 6.31. The summed E-state index contributed by atoms with van der Waals surface area (Å²) in [6.45, 7) is 2.90. The lowest BCUT2D eigenvalue weighted by Gasteiger charge is -2.39. The van der Waals surface area contributed by atoms with Gasteiger partial charge in [-0.15, -0.1) is 11.3 Å². The number of ether oxygens (including phenoxy) is 2. The van der Waals surface area contributed by atoms with Gasteiger partial charge in [0.15, 0.2) is 17.3 Å². The normalized spacial score (nSPS) is 27.7. The van der Waals surface area contributed by atoms with Crippen LogP contribution in [0.25, 0.3) is 11.5 Å². The minimum Gasteiger partial charge on any atom is -0.473 e. The number of aromatic nitrogens is 5. The molecule has 2 bridgehead atoms. The van der Waals surface area contributed by atoms with Gasteiger partial charge in [0.25, 0.3) is 0 Å². The number of nitrogens with zero attached hydrogens (tertiary/aromatic N) is 9. The van der Waals surface area contributed by atoms with E-state index in [2.05, 4.69) is 40.4 Å². The molecule has 2 aliphatic carbocycles. The van der Waals surface area contributed by atoms with Crippen LogP contribution in [0.3, 0.4) is 0 Å². The van der Waals surface area contributed by atoms with Crippen molar-refractivity contribution in [3.63, 3.8) is 0 Å². The number of piperidine rings is 1. The summed E-state index contributed by atoms with van der Waals surface area (Å²) in [6.07, 6.45) is 12.4. The van der Waals surface area contributed by atoms with E-state index in [9.17, 15) is 15.3 Å². The van der Waals surface area contributed by atoms with Crippen LogP contribution < -0.4 is 15.8 Å². The smallest absolute Gasteiger partial charge is 0.330 e. The molecule has 6 atom stereocenters. The number of nitrogen functional groups attached to an aromatic ring is 1. The van der Waals surface area contributed by atoms with E-state index >= 15 is 0 Å². The first kappa shape index (κ1) is 35.7. The predicted octanol–water partition coefficient (Wildman–Crippen LogP) is 5.24. The van der Waals surface area contributed by atoms with Crippen molar-refractivity contribution in [2.45, 2.75) is 119 Å². The molecule has 3 aliphatic heterocycles. The van der Waals surface area contributed by atoms with Gasteiger partial charge in [0.05, 0.1) is 17.1 Å². The number of nitriles is 2. The second-order valence-electron chi connectivity index (χ2n) is 15.8. The number of hydrogen-bond donors (Lipinski definition) is 2. The van der Waals surface area contributed by atoms with Crippen molar-refractivity contribution < 1.29 is 18.8 Å². The summed E-state index contributed by atoms with van der Waals surface area (Å²) in [7, 11) is 3.84. The van der Waals surface area contributed by atoms with Crippen LogP contribution in [-0.4, -0.2) is 97.6 Å². The quantitative estimate of drug-likeness (QED) is 0.248. The average Bonchev–Trinajstić information content (AvgIpc) is 4.01. The minimum absolute atomic E-state index is 0.0185. The van der Waals surface area contributed by atoms with Crippen LogP contribution in [0.2, 0.25) is 0 Å². The summed E-state index contributed by atoms with van der Waals surface area (Å²) >= 11 is 1.53. The molecule has 0 aromatic carbocycles. The van der Waals surface area contributed by atoms with Gasteiger partial charge in [0, 0.05) is 66.7 Å². The van der Waals surface area contributed by atoms with E-state index in [1.165, 1.54) is 27.0 Å². The third-order valence-corrected chi connectivity index (χ3v) is 13.8. The fourth-order valence-corrected chi connectivity index (χ4v) is 11.5. The van der Waals surface area contributed by atoms with E-state index in [-0.39, 0.29) is 48.2 Å². The van der Waals surface area contributed by atoms with Crippen molar-refractivity contribution in [3.8, 4) is 29.5 Å². The van der Waals surface area contributed by atoms with Gasteiger partial charge in [-0.2, -0.15) is 15.5 Å². The van der Waals surface area contributed by atoms with Crippen LogP contribution in [0.5, 0.6) is 5.88 Å².